The molecule has 0 aliphatic heterocycles. The van der Waals surface area contributed by atoms with Gasteiger partial charge in [-0.25, -0.2) is 4.39 Å². The van der Waals surface area contributed by atoms with Gasteiger partial charge in [-0.2, -0.15) is 0 Å². The maximum Gasteiger partial charge on any atom is 0.206 e. The summed E-state index contributed by atoms with van der Waals surface area (Å²) in [5.41, 5.74) is 0.534. The lowest BCUT2D eigenvalue weighted by Gasteiger charge is -2.07. The minimum absolute atomic E-state index is 0.0966. The van der Waals surface area contributed by atoms with Crippen LogP contribution in [0.5, 0.6) is 5.75 Å². The minimum Gasteiger partial charge on any atom is -0.493 e. The second-order valence-corrected chi connectivity index (χ2v) is 5.63. The van der Waals surface area contributed by atoms with Crippen molar-refractivity contribution in [3.05, 3.63) is 64.8 Å². The molecular weight excluding hydrogens is 287 g/mol. The van der Waals surface area contributed by atoms with Crippen LogP contribution >= 0.6 is 11.3 Å². The molecule has 2 aromatic carbocycles. The van der Waals surface area contributed by atoms with E-state index in [1.807, 2.05) is 19.1 Å². The largest absolute Gasteiger partial charge is 0.493 e. The zero-order chi connectivity index (χ0) is 14.8. The van der Waals surface area contributed by atoms with Gasteiger partial charge in [0.2, 0.25) is 5.78 Å². The molecule has 4 heteroatoms. The fourth-order valence-corrected chi connectivity index (χ4v) is 3.23. The topological polar surface area (TPSA) is 26.3 Å². The number of carbonyl (C=O) groups is 1. The molecule has 0 amide bonds. The predicted molar refractivity (Wildman–Crippen MR) is 82.8 cm³/mol. The Hall–Kier alpha value is -2.20. The lowest BCUT2D eigenvalue weighted by atomic mass is 10.1. The summed E-state index contributed by atoms with van der Waals surface area (Å²) in [5, 5.41) is 0.874. The predicted octanol–water partition coefficient (Wildman–Crippen LogP) is 4.67. The number of rotatable bonds is 4. The van der Waals surface area contributed by atoms with Gasteiger partial charge in [0.25, 0.3) is 0 Å². The number of carbonyl (C=O) groups excluding carboxylic acids is 1. The van der Waals surface area contributed by atoms with Gasteiger partial charge in [-0.1, -0.05) is 18.2 Å². The average molecular weight is 300 g/mol. The van der Waals surface area contributed by atoms with Gasteiger partial charge in [-0.15, -0.1) is 11.3 Å². The first-order chi connectivity index (χ1) is 10.2. The summed E-state index contributed by atoms with van der Waals surface area (Å²) < 4.78 is 19.5. The van der Waals surface area contributed by atoms with E-state index in [0.29, 0.717) is 22.8 Å². The van der Waals surface area contributed by atoms with Crippen LogP contribution in [0.15, 0.2) is 48.5 Å². The van der Waals surface area contributed by atoms with Crippen LogP contribution in [0.4, 0.5) is 4.39 Å². The second-order valence-electron chi connectivity index (χ2n) is 4.55. The van der Waals surface area contributed by atoms with E-state index in [9.17, 15) is 9.18 Å². The highest BCUT2D eigenvalue weighted by Crippen LogP contribution is 2.30. The number of fused-ring (bicyclic) bond motifs is 1. The van der Waals surface area contributed by atoms with E-state index in [0.717, 1.165) is 10.1 Å². The van der Waals surface area contributed by atoms with Crippen molar-refractivity contribution in [2.24, 2.45) is 0 Å². The lowest BCUT2D eigenvalue weighted by molar-refractivity contribution is 0.103. The molecule has 21 heavy (non-hydrogen) atoms. The molecule has 0 N–H and O–H groups in total. The molecule has 3 rings (SSSR count). The van der Waals surface area contributed by atoms with Crippen molar-refractivity contribution in [1.82, 2.24) is 0 Å². The van der Waals surface area contributed by atoms with Gasteiger partial charge >= 0.3 is 0 Å². The van der Waals surface area contributed by atoms with Crippen LogP contribution < -0.4 is 4.74 Å². The first-order valence-electron chi connectivity index (χ1n) is 6.64. The van der Waals surface area contributed by atoms with E-state index >= 15 is 0 Å². The van der Waals surface area contributed by atoms with Gasteiger partial charge in [0, 0.05) is 4.70 Å². The Labute approximate surface area is 125 Å². The van der Waals surface area contributed by atoms with Gasteiger partial charge in [0.1, 0.15) is 11.6 Å². The molecule has 1 heterocycles. The molecule has 0 bridgehead atoms. The average Bonchev–Trinajstić information content (AvgIpc) is 2.90. The molecule has 1 aromatic heterocycles. The third kappa shape index (κ3) is 2.67. The summed E-state index contributed by atoms with van der Waals surface area (Å²) in [6.07, 6.45) is 0. The molecular formula is C17H13FO2S. The fourth-order valence-electron chi connectivity index (χ4n) is 2.19. The SMILES string of the molecule is CCOc1ccccc1C(=O)c1cc2ccc(F)cc2s1. The first kappa shape index (κ1) is 13.8. The molecule has 106 valence electrons. The number of para-hydroxylation sites is 1. The third-order valence-corrected chi connectivity index (χ3v) is 4.23. The quantitative estimate of drug-likeness (QED) is 0.654. The molecule has 0 spiro atoms. The van der Waals surface area contributed by atoms with Gasteiger partial charge in [0.05, 0.1) is 17.0 Å². The van der Waals surface area contributed by atoms with E-state index < -0.39 is 0 Å². The highest BCUT2D eigenvalue weighted by atomic mass is 32.1. The Morgan fingerprint density at radius 1 is 1.19 bits per heavy atom. The maximum absolute atomic E-state index is 13.2. The van der Waals surface area contributed by atoms with Gasteiger partial charge < -0.3 is 4.74 Å². The molecule has 0 saturated heterocycles. The molecule has 0 atom stereocenters. The van der Waals surface area contributed by atoms with Crippen LogP contribution in [0, 0.1) is 5.82 Å². The Kier molecular flexibility index (Phi) is 3.71. The van der Waals surface area contributed by atoms with E-state index in [1.54, 1.807) is 24.3 Å². The summed E-state index contributed by atoms with van der Waals surface area (Å²) in [7, 11) is 0. The van der Waals surface area contributed by atoms with E-state index in [1.165, 1.54) is 23.5 Å². The summed E-state index contributed by atoms with van der Waals surface area (Å²) in [5.74, 6) is 0.187. The first-order valence-corrected chi connectivity index (χ1v) is 7.46. The molecule has 2 nitrogen and oxygen atoms in total. The summed E-state index contributed by atoms with van der Waals surface area (Å²) in [4.78, 5) is 13.2. The maximum atomic E-state index is 13.2. The van der Waals surface area contributed by atoms with Crippen molar-refractivity contribution in [3.8, 4) is 5.75 Å². The number of ether oxygens (including phenoxy) is 1. The number of hydrogen-bond donors (Lipinski definition) is 0. The van der Waals surface area contributed by atoms with Crippen LogP contribution in [-0.4, -0.2) is 12.4 Å². The van der Waals surface area contributed by atoms with Crippen molar-refractivity contribution in [3.63, 3.8) is 0 Å². The number of halogens is 1. The number of hydrogen-bond acceptors (Lipinski definition) is 3. The van der Waals surface area contributed by atoms with Gasteiger partial charge in [0.15, 0.2) is 0 Å². The zero-order valence-corrected chi connectivity index (χ0v) is 12.2. The Bertz CT molecular complexity index is 807. The van der Waals surface area contributed by atoms with E-state index in [-0.39, 0.29) is 11.6 Å². The van der Waals surface area contributed by atoms with Gasteiger partial charge in [-0.3, -0.25) is 4.79 Å². The van der Waals surface area contributed by atoms with Crippen molar-refractivity contribution in [2.45, 2.75) is 6.92 Å². The van der Waals surface area contributed by atoms with Crippen LogP contribution in [-0.2, 0) is 0 Å². The van der Waals surface area contributed by atoms with Crippen molar-refractivity contribution >= 4 is 27.2 Å². The smallest absolute Gasteiger partial charge is 0.206 e. The molecule has 0 unspecified atom stereocenters. The highest BCUT2D eigenvalue weighted by molar-refractivity contribution is 7.21. The zero-order valence-electron chi connectivity index (χ0n) is 11.4. The molecule has 0 radical (unpaired) electrons. The summed E-state index contributed by atoms with van der Waals surface area (Å²) >= 11 is 1.30. The van der Waals surface area contributed by atoms with Crippen LogP contribution in [0.25, 0.3) is 10.1 Å². The normalized spacial score (nSPS) is 10.8. The Morgan fingerprint density at radius 3 is 2.81 bits per heavy atom. The molecule has 3 aromatic rings. The van der Waals surface area contributed by atoms with Crippen LogP contribution in [0.1, 0.15) is 22.2 Å². The molecule has 0 aliphatic rings. The fraction of sp³-hybridized carbons (Fsp3) is 0.118. The number of thiophene rings is 1. The number of benzene rings is 2. The van der Waals surface area contributed by atoms with Crippen molar-refractivity contribution < 1.29 is 13.9 Å². The Balaban J connectivity index is 2.04. The summed E-state index contributed by atoms with van der Waals surface area (Å²) in [6, 6.07) is 13.5. The highest BCUT2D eigenvalue weighted by Gasteiger charge is 2.17. The standard InChI is InChI=1S/C17H13FO2S/c1-2-20-14-6-4-3-5-13(14)17(19)16-9-11-7-8-12(18)10-15(11)21-16/h3-10H,2H2,1H3. The summed E-state index contributed by atoms with van der Waals surface area (Å²) in [6.45, 7) is 2.38. The molecule has 0 fully saturated rings. The number of ketones is 1. The van der Waals surface area contributed by atoms with Crippen molar-refractivity contribution in [2.75, 3.05) is 6.61 Å². The Morgan fingerprint density at radius 2 is 2.00 bits per heavy atom. The molecule has 0 aliphatic carbocycles. The van der Waals surface area contributed by atoms with Crippen LogP contribution in [0.3, 0.4) is 0 Å². The molecule has 0 saturated carbocycles. The second kappa shape index (κ2) is 5.66. The lowest BCUT2D eigenvalue weighted by Crippen LogP contribution is -2.03. The van der Waals surface area contributed by atoms with Gasteiger partial charge in [-0.05, 0) is 42.6 Å². The van der Waals surface area contributed by atoms with Crippen LogP contribution in [0.2, 0.25) is 0 Å². The van der Waals surface area contributed by atoms with Crippen molar-refractivity contribution in [1.29, 1.82) is 0 Å². The monoisotopic (exact) mass is 300 g/mol. The third-order valence-electron chi connectivity index (χ3n) is 3.14. The van der Waals surface area contributed by atoms with E-state index in [4.69, 9.17) is 4.74 Å². The van der Waals surface area contributed by atoms with E-state index in [2.05, 4.69) is 0 Å². The minimum atomic E-state index is -0.293.